The number of nitrogens with zero attached hydrogens (tertiary/aromatic N) is 1. The van der Waals surface area contributed by atoms with E-state index in [9.17, 15) is 9.18 Å². The summed E-state index contributed by atoms with van der Waals surface area (Å²) in [6.07, 6.45) is -0.451. The van der Waals surface area contributed by atoms with Crippen molar-refractivity contribution >= 4 is 17.2 Å². The molecule has 1 amide bonds. The summed E-state index contributed by atoms with van der Waals surface area (Å²) in [5, 5.41) is 4.59. The SMILES string of the molecule is O=C(N[C@@H]1C[C@@H]1F)c1cccc(-c2cscn2)c1. The predicted octanol–water partition coefficient (Wildman–Crippen LogP) is 2.65. The summed E-state index contributed by atoms with van der Waals surface area (Å²) >= 11 is 1.51. The molecule has 1 aliphatic carbocycles. The van der Waals surface area contributed by atoms with E-state index in [-0.39, 0.29) is 11.9 Å². The molecule has 1 fully saturated rings. The molecule has 0 spiro atoms. The van der Waals surface area contributed by atoms with Gasteiger partial charge in [-0.2, -0.15) is 0 Å². The van der Waals surface area contributed by atoms with E-state index in [2.05, 4.69) is 10.3 Å². The van der Waals surface area contributed by atoms with Crippen LogP contribution in [0.25, 0.3) is 11.3 Å². The second-order valence-corrected chi connectivity index (χ2v) is 5.00. The van der Waals surface area contributed by atoms with Crippen molar-refractivity contribution in [1.82, 2.24) is 10.3 Å². The highest BCUT2D eigenvalue weighted by Crippen LogP contribution is 2.26. The molecule has 18 heavy (non-hydrogen) atoms. The quantitative estimate of drug-likeness (QED) is 0.924. The molecule has 0 aliphatic heterocycles. The van der Waals surface area contributed by atoms with E-state index in [0.29, 0.717) is 12.0 Å². The summed E-state index contributed by atoms with van der Waals surface area (Å²) in [5.41, 5.74) is 4.04. The van der Waals surface area contributed by atoms with Crippen molar-refractivity contribution in [1.29, 1.82) is 0 Å². The van der Waals surface area contributed by atoms with Gasteiger partial charge in [0.05, 0.1) is 17.2 Å². The number of carbonyl (C=O) groups is 1. The Morgan fingerprint density at radius 3 is 3.00 bits per heavy atom. The largest absolute Gasteiger partial charge is 0.346 e. The van der Waals surface area contributed by atoms with E-state index in [0.717, 1.165) is 11.3 Å². The van der Waals surface area contributed by atoms with Gasteiger partial charge in [-0.05, 0) is 12.1 Å². The zero-order valence-electron chi connectivity index (χ0n) is 9.47. The van der Waals surface area contributed by atoms with Gasteiger partial charge in [0.25, 0.3) is 5.91 Å². The summed E-state index contributed by atoms with van der Waals surface area (Å²) < 4.78 is 12.7. The van der Waals surface area contributed by atoms with Gasteiger partial charge in [-0.25, -0.2) is 9.37 Å². The van der Waals surface area contributed by atoms with Gasteiger partial charge in [-0.1, -0.05) is 12.1 Å². The number of hydrogen-bond donors (Lipinski definition) is 1. The molecule has 1 aromatic heterocycles. The van der Waals surface area contributed by atoms with E-state index in [1.165, 1.54) is 11.3 Å². The van der Waals surface area contributed by atoms with Crippen molar-refractivity contribution < 1.29 is 9.18 Å². The van der Waals surface area contributed by atoms with E-state index >= 15 is 0 Å². The average Bonchev–Trinajstić information content (AvgIpc) is 2.87. The summed E-state index contributed by atoms with van der Waals surface area (Å²) in [7, 11) is 0. The number of carbonyl (C=O) groups excluding carboxylic acids is 1. The Hall–Kier alpha value is -1.75. The van der Waals surface area contributed by atoms with E-state index in [4.69, 9.17) is 0 Å². The molecule has 1 aromatic carbocycles. The number of rotatable bonds is 3. The smallest absolute Gasteiger partial charge is 0.251 e. The first-order valence-electron chi connectivity index (χ1n) is 5.67. The Balaban J connectivity index is 1.80. The minimum atomic E-state index is -0.879. The Kier molecular flexibility index (Phi) is 2.83. The highest BCUT2D eigenvalue weighted by atomic mass is 32.1. The number of thiazole rings is 1. The van der Waals surface area contributed by atoms with Crippen LogP contribution in [0, 0.1) is 0 Å². The van der Waals surface area contributed by atoms with Crippen LogP contribution >= 0.6 is 11.3 Å². The van der Waals surface area contributed by atoms with Crippen LogP contribution in [-0.2, 0) is 0 Å². The monoisotopic (exact) mass is 262 g/mol. The van der Waals surface area contributed by atoms with Crippen molar-refractivity contribution in [2.24, 2.45) is 0 Å². The zero-order valence-corrected chi connectivity index (χ0v) is 10.3. The number of alkyl halides is 1. The van der Waals surface area contributed by atoms with Crippen LogP contribution in [0.4, 0.5) is 4.39 Å². The lowest BCUT2D eigenvalue weighted by Gasteiger charge is -2.04. The standard InChI is InChI=1S/C13H11FN2OS/c14-10-5-11(10)16-13(17)9-3-1-2-8(4-9)12-6-18-7-15-12/h1-4,6-7,10-11H,5H2,(H,16,17)/t10-,11+/m0/s1. The summed E-state index contributed by atoms with van der Waals surface area (Å²) in [5.74, 6) is -0.225. The Labute approximate surface area is 108 Å². The van der Waals surface area contributed by atoms with Gasteiger partial charge in [0.15, 0.2) is 0 Å². The average molecular weight is 262 g/mol. The fraction of sp³-hybridized carbons (Fsp3) is 0.231. The van der Waals surface area contributed by atoms with Crippen LogP contribution in [-0.4, -0.2) is 23.1 Å². The van der Waals surface area contributed by atoms with Gasteiger partial charge >= 0.3 is 0 Å². The lowest BCUT2D eigenvalue weighted by atomic mass is 10.1. The molecule has 0 radical (unpaired) electrons. The molecule has 92 valence electrons. The van der Waals surface area contributed by atoms with Gasteiger partial charge in [0.2, 0.25) is 0 Å². The molecule has 5 heteroatoms. The summed E-state index contributed by atoms with van der Waals surface area (Å²) in [4.78, 5) is 16.1. The van der Waals surface area contributed by atoms with Crippen LogP contribution in [0.3, 0.4) is 0 Å². The van der Waals surface area contributed by atoms with Crippen LogP contribution < -0.4 is 5.32 Å². The molecule has 0 bridgehead atoms. The molecule has 1 aliphatic rings. The Morgan fingerprint density at radius 2 is 2.33 bits per heavy atom. The maximum absolute atomic E-state index is 12.7. The highest BCUT2D eigenvalue weighted by Gasteiger charge is 2.38. The molecule has 3 nitrogen and oxygen atoms in total. The van der Waals surface area contributed by atoms with Gasteiger partial charge in [-0.3, -0.25) is 4.79 Å². The number of amides is 1. The maximum Gasteiger partial charge on any atom is 0.251 e. The number of hydrogen-bond acceptors (Lipinski definition) is 3. The second kappa shape index (κ2) is 4.49. The molecule has 1 heterocycles. The van der Waals surface area contributed by atoms with Crippen molar-refractivity contribution in [3.63, 3.8) is 0 Å². The molecule has 0 saturated heterocycles. The molecule has 2 aromatic rings. The van der Waals surface area contributed by atoms with Gasteiger partial charge in [-0.15, -0.1) is 11.3 Å². The third kappa shape index (κ3) is 2.26. The van der Waals surface area contributed by atoms with E-state index in [1.54, 1.807) is 17.6 Å². The van der Waals surface area contributed by atoms with Crippen LogP contribution in [0.1, 0.15) is 16.8 Å². The fourth-order valence-corrected chi connectivity index (χ4v) is 2.30. The molecule has 3 rings (SSSR count). The molecule has 2 atom stereocenters. The van der Waals surface area contributed by atoms with E-state index in [1.807, 2.05) is 17.5 Å². The third-order valence-electron chi connectivity index (χ3n) is 2.88. The molecular formula is C13H11FN2OS. The first-order chi connectivity index (χ1) is 8.74. The third-order valence-corrected chi connectivity index (χ3v) is 3.47. The van der Waals surface area contributed by atoms with E-state index < -0.39 is 6.17 Å². The van der Waals surface area contributed by atoms with Crippen molar-refractivity contribution in [3.05, 3.63) is 40.7 Å². The van der Waals surface area contributed by atoms with Gasteiger partial charge in [0.1, 0.15) is 6.17 Å². The summed E-state index contributed by atoms with van der Waals surface area (Å²) in [6.45, 7) is 0. The van der Waals surface area contributed by atoms with Gasteiger partial charge < -0.3 is 5.32 Å². The Morgan fingerprint density at radius 1 is 1.50 bits per heavy atom. The zero-order chi connectivity index (χ0) is 12.5. The first kappa shape index (κ1) is 11.3. The molecular weight excluding hydrogens is 251 g/mol. The molecule has 1 saturated carbocycles. The number of halogens is 1. The lowest BCUT2D eigenvalue weighted by molar-refractivity contribution is 0.0947. The lowest BCUT2D eigenvalue weighted by Crippen LogP contribution is -2.27. The predicted molar refractivity (Wildman–Crippen MR) is 68.3 cm³/mol. The number of nitrogens with one attached hydrogen (secondary N) is 1. The number of benzene rings is 1. The minimum absolute atomic E-state index is 0.225. The normalized spacial score (nSPS) is 21.6. The minimum Gasteiger partial charge on any atom is -0.346 e. The van der Waals surface area contributed by atoms with Crippen LogP contribution in [0.5, 0.6) is 0 Å². The fourth-order valence-electron chi connectivity index (χ4n) is 1.74. The van der Waals surface area contributed by atoms with Gasteiger partial charge in [0, 0.05) is 22.9 Å². The van der Waals surface area contributed by atoms with Crippen molar-refractivity contribution in [3.8, 4) is 11.3 Å². The van der Waals surface area contributed by atoms with Crippen LogP contribution in [0.15, 0.2) is 35.2 Å². The second-order valence-electron chi connectivity index (χ2n) is 4.29. The van der Waals surface area contributed by atoms with Crippen molar-refractivity contribution in [2.45, 2.75) is 18.6 Å². The number of aromatic nitrogens is 1. The highest BCUT2D eigenvalue weighted by molar-refractivity contribution is 7.07. The topological polar surface area (TPSA) is 42.0 Å². The molecule has 1 N–H and O–H groups in total. The molecule has 0 unspecified atom stereocenters. The Bertz CT molecular complexity index is 570. The maximum atomic E-state index is 12.7. The first-order valence-corrected chi connectivity index (χ1v) is 6.62. The van der Waals surface area contributed by atoms with Crippen LogP contribution in [0.2, 0.25) is 0 Å². The summed E-state index contributed by atoms with van der Waals surface area (Å²) in [6, 6.07) is 6.91. The van der Waals surface area contributed by atoms with Crippen molar-refractivity contribution in [2.75, 3.05) is 0 Å².